The Balaban J connectivity index is 0.828. The van der Waals surface area contributed by atoms with Crippen LogP contribution in [0.4, 0.5) is 21.0 Å². The van der Waals surface area contributed by atoms with Gasteiger partial charge in [0.05, 0.1) is 59.3 Å². The minimum Gasteiger partial charge on any atom is -0.488 e. The van der Waals surface area contributed by atoms with E-state index in [1.165, 1.54) is 26.0 Å². The first-order chi connectivity index (χ1) is 55.0. The molecule has 0 unspecified atom stereocenters. The van der Waals surface area contributed by atoms with Gasteiger partial charge in [0.15, 0.2) is 0 Å². The van der Waals surface area contributed by atoms with Gasteiger partial charge in [-0.3, -0.25) is 57.7 Å². The summed E-state index contributed by atoms with van der Waals surface area (Å²) in [6.45, 7) is 18.7. The van der Waals surface area contributed by atoms with Gasteiger partial charge in [-0.25, -0.2) is 14.6 Å². The molecule has 1 saturated heterocycles. The van der Waals surface area contributed by atoms with Crippen molar-refractivity contribution in [2.45, 2.75) is 296 Å². The first-order valence-corrected chi connectivity index (χ1v) is 42.0. The zero-order valence-corrected chi connectivity index (χ0v) is 69.9. The van der Waals surface area contributed by atoms with Crippen LogP contribution in [0, 0.1) is 12.3 Å². The number of rotatable bonds is 41. The minimum absolute atomic E-state index is 0.00551. The van der Waals surface area contributed by atoms with E-state index in [0.29, 0.717) is 80.0 Å². The van der Waals surface area contributed by atoms with Crippen LogP contribution in [0.15, 0.2) is 60.1 Å². The van der Waals surface area contributed by atoms with Crippen molar-refractivity contribution in [3.8, 4) is 16.2 Å². The molecule has 12 amide bonds. The molecule has 0 saturated carbocycles. The number of hydrogen-bond donors (Lipinski definition) is 9. The monoisotopic (exact) mass is 1630 g/mol. The number of amides is 12. The fourth-order valence-electron chi connectivity index (χ4n) is 15.6. The number of unbranched alkanes of at least 4 members (excludes halogenated alkanes) is 9. The van der Waals surface area contributed by atoms with Gasteiger partial charge in [0.1, 0.15) is 59.3 Å². The topological polar surface area (TPSA) is 424 Å². The highest BCUT2D eigenvalue weighted by atomic mass is 32.1. The van der Waals surface area contributed by atoms with Gasteiger partial charge in [-0.2, -0.15) is 0 Å². The second kappa shape index (κ2) is 41.4. The fraction of sp³-hybridized carbons (Fsp3) is 0.612. The van der Waals surface area contributed by atoms with E-state index in [0.717, 1.165) is 84.2 Å². The fourth-order valence-corrected chi connectivity index (χ4v) is 16.4. The van der Waals surface area contributed by atoms with Crippen molar-refractivity contribution in [1.82, 2.24) is 41.8 Å². The second-order valence-electron chi connectivity index (χ2n) is 34.3. The Morgan fingerprint density at radius 1 is 0.569 bits per heavy atom. The van der Waals surface area contributed by atoms with Gasteiger partial charge < -0.3 is 77.7 Å². The van der Waals surface area contributed by atoms with Crippen molar-refractivity contribution < 1.29 is 81.2 Å². The predicted octanol–water partition coefficient (Wildman–Crippen LogP) is 8.30. The molecule has 5 aliphatic rings. The predicted molar refractivity (Wildman–Crippen MR) is 437 cm³/mol. The van der Waals surface area contributed by atoms with Gasteiger partial charge in [-0.15, -0.1) is 11.3 Å². The van der Waals surface area contributed by atoms with Crippen LogP contribution >= 0.6 is 11.3 Å². The third-order valence-corrected chi connectivity index (χ3v) is 22.3. The van der Waals surface area contributed by atoms with E-state index in [-0.39, 0.29) is 102 Å². The summed E-state index contributed by atoms with van der Waals surface area (Å²) in [5.74, 6) is -4.29. The van der Waals surface area contributed by atoms with Crippen LogP contribution in [0.5, 0.6) is 5.75 Å². The molecule has 1 aromatic heterocycles. The van der Waals surface area contributed by atoms with Crippen molar-refractivity contribution in [2.75, 3.05) is 42.8 Å². The normalized spacial score (nSPS) is 19.1. The molecule has 634 valence electrons. The van der Waals surface area contributed by atoms with Crippen LogP contribution in [0.1, 0.15) is 224 Å². The lowest BCUT2D eigenvalue weighted by molar-refractivity contribution is -0.144. The molecule has 9 rings (SSSR count). The molecule has 116 heavy (non-hydrogen) atoms. The smallest absolute Gasteiger partial charge is 0.408 e. The Morgan fingerprint density at radius 2 is 1.08 bits per heavy atom. The van der Waals surface area contributed by atoms with Crippen molar-refractivity contribution in [1.29, 1.82) is 0 Å². The first-order valence-electron chi connectivity index (χ1n) is 41.1. The van der Waals surface area contributed by atoms with E-state index >= 15 is 9.59 Å². The lowest BCUT2D eigenvalue weighted by Crippen LogP contribution is -2.57. The molecule has 1 fully saturated rings. The van der Waals surface area contributed by atoms with Gasteiger partial charge in [-0.1, -0.05) is 114 Å². The largest absolute Gasteiger partial charge is 0.488 e. The number of nitrogens with one attached hydrogen (secondary N) is 6. The maximum Gasteiger partial charge on any atom is 0.408 e. The minimum atomic E-state index is -1.16. The van der Waals surface area contributed by atoms with Crippen LogP contribution in [0.3, 0.4) is 0 Å². The summed E-state index contributed by atoms with van der Waals surface area (Å²) in [5.41, 5.74) is 22.5. The molecule has 4 aromatic rings. The molecule has 6 heterocycles. The van der Waals surface area contributed by atoms with Crippen molar-refractivity contribution in [2.24, 2.45) is 22.6 Å². The van der Waals surface area contributed by atoms with E-state index in [4.69, 9.17) is 40.9 Å². The first kappa shape index (κ1) is 90.2. The van der Waals surface area contributed by atoms with Gasteiger partial charge in [0.2, 0.25) is 59.1 Å². The van der Waals surface area contributed by atoms with Crippen LogP contribution < -0.4 is 63.6 Å². The lowest BCUT2D eigenvalue weighted by atomic mass is 9.85. The number of primary amides is 3. The molecule has 0 aliphatic carbocycles. The number of aromatic nitrogens is 1. The second-order valence-corrected chi connectivity index (χ2v) is 35.1. The van der Waals surface area contributed by atoms with Crippen molar-refractivity contribution >= 4 is 94.0 Å². The molecule has 3 aromatic carbocycles. The van der Waals surface area contributed by atoms with Crippen molar-refractivity contribution in [3.63, 3.8) is 0 Å². The maximum absolute atomic E-state index is 15.4. The molecule has 12 N–H and O–H groups in total. The number of benzene rings is 3. The highest BCUT2D eigenvalue weighted by Crippen LogP contribution is 2.45. The number of alkyl carbamates (subject to hydrolysis) is 2. The summed E-state index contributed by atoms with van der Waals surface area (Å²) < 4.78 is 30.2. The van der Waals surface area contributed by atoms with E-state index < -0.39 is 130 Å². The van der Waals surface area contributed by atoms with Gasteiger partial charge in [0.25, 0.3) is 0 Å². The zero-order valence-electron chi connectivity index (χ0n) is 69.1. The molecule has 5 aliphatic heterocycles. The number of carbonyl (C=O) groups excluding carboxylic acids is 12. The van der Waals surface area contributed by atoms with E-state index in [1.807, 2.05) is 70.2 Å². The molecule has 0 bridgehead atoms. The van der Waals surface area contributed by atoms with Crippen LogP contribution in [0.25, 0.3) is 10.4 Å². The molecular formula is C85H121N13O17S. The van der Waals surface area contributed by atoms with Gasteiger partial charge >= 0.3 is 12.2 Å². The number of thiazole rings is 1. The average Bonchev–Trinajstić information content (AvgIpc) is 1.59. The number of nitrogens with two attached hydrogens (primary N) is 3. The lowest BCUT2D eigenvalue weighted by Gasteiger charge is -2.35. The molecule has 0 spiro atoms. The number of likely N-dealkylation sites (tertiary alicyclic amines) is 1. The Morgan fingerprint density at radius 3 is 1.60 bits per heavy atom. The van der Waals surface area contributed by atoms with Crippen LogP contribution in [0.2, 0.25) is 0 Å². The summed E-state index contributed by atoms with van der Waals surface area (Å²) in [6.07, 6.45) is 8.26. The zero-order chi connectivity index (χ0) is 84.2. The highest BCUT2D eigenvalue weighted by Gasteiger charge is 2.50. The van der Waals surface area contributed by atoms with Crippen molar-refractivity contribution in [3.05, 3.63) is 93.6 Å². The summed E-state index contributed by atoms with van der Waals surface area (Å²) in [7, 11) is 0. The van der Waals surface area contributed by atoms with Crippen LogP contribution in [-0.2, 0) is 99.1 Å². The molecule has 30 nitrogen and oxygen atoms in total. The number of carbonyl (C=O) groups is 12. The van der Waals surface area contributed by atoms with E-state index in [9.17, 15) is 47.9 Å². The van der Waals surface area contributed by atoms with Crippen LogP contribution in [-0.4, -0.2) is 180 Å². The molecule has 9 atom stereocenters. The summed E-state index contributed by atoms with van der Waals surface area (Å²) in [6, 6.07) is 9.53. The summed E-state index contributed by atoms with van der Waals surface area (Å²) in [5, 5.41) is 17.7. The number of anilines is 2. The Hall–Kier alpha value is -9.75. The number of ether oxygens (including phenoxy) is 5. The highest BCUT2D eigenvalue weighted by molar-refractivity contribution is 7.13. The van der Waals surface area contributed by atoms with E-state index in [2.05, 4.69) is 36.9 Å². The Labute approximate surface area is 684 Å². The number of nitrogens with zero attached hydrogens (tertiary/aromatic N) is 4. The number of hydrogen-bond acceptors (Lipinski definition) is 19. The molecule has 0 radical (unpaired) electrons. The quantitative estimate of drug-likeness (QED) is 0.0189. The SMILES string of the molecule is Cc1ncsc1-c1ccc(CNC(=O)[C@@H]2C[C@@H](Oc3ccc4c5c3CC[C@H](NC(=O)OC(C)(C)C)C(=O)N5[C@H](C(=O)N[C@@H](CCC(N)=O)COCCCCCCCC(N)=O)C4)CN2C(=O)[C@@H](NC(=O)CCCCCCCCOC[C@H](CCC(N)=O)NC(=O)[C@@H]2Cc3cccc4c3N2C(=O)[C@@H](NC(=O)OC(C)(C)C)CC4)C(C)(C)C)cc1. The standard InChI is InChI=1S/C85H121N13O17S/c1-51-73(116-50-90-51)54-29-27-52(28-30-54)46-89-75(103)63-45-59(113-66-38-32-56-44-65(98-72(56)60(66)35-37-62(79(98)107)94-82(110)115-85(8,9)10)77(105)92-58(34-40-69(88)101)49-112-42-21-17-13-14-18-25-67(86)99)47-96(63)80(108)74(83(2,3)4)95-70(102)26-19-15-11-12-16-20-41-111-48-57(33-39-68(87)100)91-76(104)64-43-55-24-22-23-53-31-36-61(78(106)97(64)71(53)55)93-81(109)114-84(5,6)7/h22-24,27-30,32,38,50,57-59,61-65,74H,11-21,25-26,31,33-37,39-49H2,1-10H3,(H2,86,99)(H2,87,100)(H2,88,101)(H,89,103)(H,91,104)(H,92,105)(H,93,109)(H,94,110)(H,95,102)/t57-,58-,59+,61-,62-,63-,64-,65-,74+/m0/s1. The Bertz CT molecular complexity index is 4150. The third kappa shape index (κ3) is 25.9. The average molecular weight is 1630 g/mol. The number of para-hydroxylation sites is 1. The Kier molecular flexibility index (Phi) is 32.2. The van der Waals surface area contributed by atoms with Gasteiger partial charge in [0, 0.05) is 70.3 Å². The molecule has 31 heteroatoms. The van der Waals surface area contributed by atoms with E-state index in [1.54, 1.807) is 59.2 Å². The summed E-state index contributed by atoms with van der Waals surface area (Å²) in [4.78, 5) is 174. The summed E-state index contributed by atoms with van der Waals surface area (Å²) >= 11 is 1.53. The van der Waals surface area contributed by atoms with Gasteiger partial charge in [-0.05, 0) is 152 Å². The molecular weight excluding hydrogens is 1510 g/mol. The third-order valence-electron chi connectivity index (χ3n) is 21.4. The maximum atomic E-state index is 15.4. The number of aryl methyl sites for hydroxylation is 2.